The third-order valence-electron chi connectivity index (χ3n) is 5.51. The van der Waals surface area contributed by atoms with Crippen molar-refractivity contribution in [3.63, 3.8) is 0 Å². The zero-order valence-electron chi connectivity index (χ0n) is 16.8. The third-order valence-corrected chi connectivity index (χ3v) is 5.51. The van der Waals surface area contributed by atoms with Crippen LogP contribution in [0.4, 0.5) is 0 Å². The number of aromatic nitrogens is 2. The lowest BCUT2D eigenvalue weighted by Crippen LogP contribution is -2.53. The molecule has 4 heterocycles. The van der Waals surface area contributed by atoms with Gasteiger partial charge in [-0.2, -0.15) is 0 Å². The van der Waals surface area contributed by atoms with Crippen LogP contribution in [0.25, 0.3) is 5.52 Å². The number of rotatable bonds is 5. The number of imidazole rings is 1. The van der Waals surface area contributed by atoms with E-state index in [9.17, 15) is 4.79 Å². The van der Waals surface area contributed by atoms with E-state index in [2.05, 4.69) is 44.1 Å². The van der Waals surface area contributed by atoms with E-state index in [1.54, 1.807) is 23.0 Å². The van der Waals surface area contributed by atoms with E-state index in [0.29, 0.717) is 12.2 Å². The Bertz CT molecular complexity index is 1210. The van der Waals surface area contributed by atoms with Crippen LogP contribution in [0.1, 0.15) is 34.3 Å². The minimum atomic E-state index is -0.494. The molecule has 5 N–H and O–H groups in total. The summed E-state index contributed by atoms with van der Waals surface area (Å²) in [6, 6.07) is 15.7. The van der Waals surface area contributed by atoms with Gasteiger partial charge in [0.25, 0.3) is 5.91 Å². The van der Waals surface area contributed by atoms with Crippen molar-refractivity contribution in [2.45, 2.75) is 25.3 Å². The molecule has 2 aliphatic heterocycles. The summed E-state index contributed by atoms with van der Waals surface area (Å²) in [5.41, 5.74) is 9.84. The number of hydrogen-bond acceptors (Lipinski definition) is 6. The second kappa shape index (κ2) is 8.17. The zero-order chi connectivity index (χ0) is 21.2. The van der Waals surface area contributed by atoms with Gasteiger partial charge in [-0.3, -0.25) is 19.8 Å². The number of nitrogens with two attached hydrogens (primary N) is 1. The molecule has 156 valence electrons. The summed E-state index contributed by atoms with van der Waals surface area (Å²) in [6.45, 7) is 0.713. The van der Waals surface area contributed by atoms with Crippen molar-refractivity contribution in [3.05, 3.63) is 95.4 Å². The Morgan fingerprint density at radius 3 is 2.90 bits per heavy atom. The van der Waals surface area contributed by atoms with Gasteiger partial charge in [-0.05, 0) is 30.2 Å². The lowest BCUT2D eigenvalue weighted by Gasteiger charge is -2.35. The van der Waals surface area contributed by atoms with Crippen LogP contribution in [0.3, 0.4) is 0 Å². The lowest BCUT2D eigenvalue weighted by molar-refractivity contribution is 0.0994. The van der Waals surface area contributed by atoms with Crippen molar-refractivity contribution in [3.8, 4) is 0 Å². The fraction of sp³-hybridized carbons (Fsp3) is 0.174. The number of fused-ring (bicyclic) bond motifs is 1. The molecule has 3 aromatic rings. The van der Waals surface area contributed by atoms with Crippen LogP contribution in [0.5, 0.6) is 0 Å². The van der Waals surface area contributed by atoms with Crippen LogP contribution in [-0.2, 0) is 6.54 Å². The maximum atomic E-state index is 11.8. The van der Waals surface area contributed by atoms with Gasteiger partial charge in [-0.15, -0.1) is 0 Å². The molecule has 0 saturated heterocycles. The van der Waals surface area contributed by atoms with Crippen LogP contribution in [0.2, 0.25) is 0 Å². The molecular weight excluding hydrogens is 390 g/mol. The molecule has 0 aliphatic carbocycles. The Kier molecular flexibility index (Phi) is 5.07. The molecule has 0 radical (unpaired) electrons. The molecule has 1 aromatic carbocycles. The molecule has 1 amide bonds. The van der Waals surface area contributed by atoms with E-state index in [4.69, 9.17) is 5.73 Å². The predicted molar refractivity (Wildman–Crippen MR) is 119 cm³/mol. The van der Waals surface area contributed by atoms with Crippen LogP contribution >= 0.6 is 0 Å². The van der Waals surface area contributed by atoms with E-state index in [1.807, 2.05) is 36.4 Å². The van der Waals surface area contributed by atoms with Gasteiger partial charge in [0.15, 0.2) is 0 Å². The van der Waals surface area contributed by atoms with Crippen molar-refractivity contribution in [1.29, 1.82) is 0 Å². The number of allylic oxidation sites excluding steroid dienone is 2. The second-order valence-corrected chi connectivity index (χ2v) is 7.49. The average Bonchev–Trinajstić information content (AvgIpc) is 3.08. The van der Waals surface area contributed by atoms with Crippen LogP contribution < -0.4 is 21.7 Å². The Morgan fingerprint density at radius 2 is 2.06 bits per heavy atom. The summed E-state index contributed by atoms with van der Waals surface area (Å²) < 4.78 is 1.72. The van der Waals surface area contributed by atoms with Gasteiger partial charge in [-0.25, -0.2) is 9.98 Å². The van der Waals surface area contributed by atoms with Crippen molar-refractivity contribution < 1.29 is 4.79 Å². The maximum Gasteiger partial charge on any atom is 0.265 e. The molecule has 2 atom stereocenters. The number of pyridine rings is 1. The molecule has 5 rings (SSSR count). The summed E-state index contributed by atoms with van der Waals surface area (Å²) in [5.74, 6) is 0.331. The van der Waals surface area contributed by atoms with Gasteiger partial charge in [0.2, 0.25) is 0 Å². The number of amides is 1. The van der Waals surface area contributed by atoms with E-state index in [-0.39, 0.29) is 12.3 Å². The van der Waals surface area contributed by atoms with Crippen LogP contribution in [-0.4, -0.2) is 27.7 Å². The molecule has 0 saturated carbocycles. The zero-order valence-corrected chi connectivity index (χ0v) is 16.8. The monoisotopic (exact) mass is 413 g/mol. The van der Waals surface area contributed by atoms with Crippen molar-refractivity contribution in [1.82, 2.24) is 25.3 Å². The Hall–Kier alpha value is -3.75. The molecule has 8 nitrogen and oxygen atoms in total. The summed E-state index contributed by atoms with van der Waals surface area (Å²) >= 11 is 0. The van der Waals surface area contributed by atoms with Crippen LogP contribution in [0.15, 0.2) is 83.4 Å². The van der Waals surface area contributed by atoms with E-state index >= 15 is 0 Å². The fourth-order valence-electron chi connectivity index (χ4n) is 3.99. The Balaban J connectivity index is 1.48. The Morgan fingerprint density at radius 1 is 1.19 bits per heavy atom. The minimum Gasteiger partial charge on any atom is -0.364 e. The summed E-state index contributed by atoms with van der Waals surface area (Å²) in [6.07, 6.45) is 7.86. The molecule has 0 spiro atoms. The number of nitrogens with zero attached hydrogens (tertiary/aromatic N) is 3. The number of primary amides is 1. The van der Waals surface area contributed by atoms with Crippen molar-refractivity contribution in [2.75, 3.05) is 0 Å². The SMILES string of the molecule is NC(=O)c1cccc2c(C3NC4=C(CC=CC=N4)C(NCc4ccccc4)N3)ncn12. The number of carbonyl (C=O) groups excluding carboxylic acids is 1. The topological polar surface area (TPSA) is 109 Å². The average molecular weight is 413 g/mol. The summed E-state index contributed by atoms with van der Waals surface area (Å²) in [7, 11) is 0. The molecule has 0 bridgehead atoms. The first-order valence-electron chi connectivity index (χ1n) is 10.2. The van der Waals surface area contributed by atoms with Crippen molar-refractivity contribution >= 4 is 17.6 Å². The normalized spacial score (nSPS) is 20.4. The molecule has 2 unspecified atom stereocenters. The molecule has 8 heteroatoms. The van der Waals surface area contributed by atoms with Gasteiger partial charge in [0.05, 0.1) is 11.7 Å². The second-order valence-electron chi connectivity index (χ2n) is 7.49. The molecular formula is C23H23N7O. The first-order chi connectivity index (χ1) is 15.2. The Labute approximate surface area is 179 Å². The minimum absolute atomic E-state index is 0.0996. The van der Waals surface area contributed by atoms with Gasteiger partial charge < -0.3 is 11.1 Å². The highest BCUT2D eigenvalue weighted by molar-refractivity contribution is 5.92. The first-order valence-corrected chi connectivity index (χ1v) is 10.2. The van der Waals surface area contributed by atoms with Gasteiger partial charge in [-0.1, -0.05) is 42.5 Å². The number of hydrogen-bond donors (Lipinski definition) is 4. The quantitative estimate of drug-likeness (QED) is 0.512. The highest BCUT2D eigenvalue weighted by atomic mass is 16.1. The smallest absolute Gasteiger partial charge is 0.265 e. The number of aliphatic imine (C=N–C) groups is 1. The largest absolute Gasteiger partial charge is 0.364 e. The lowest BCUT2D eigenvalue weighted by atomic mass is 10.0. The summed E-state index contributed by atoms with van der Waals surface area (Å²) in [5, 5.41) is 10.7. The predicted octanol–water partition coefficient (Wildman–Crippen LogP) is 1.98. The fourth-order valence-corrected chi connectivity index (χ4v) is 3.99. The number of nitrogens with one attached hydrogen (secondary N) is 3. The summed E-state index contributed by atoms with van der Waals surface area (Å²) in [4.78, 5) is 21.0. The van der Waals surface area contributed by atoms with Crippen molar-refractivity contribution in [2.24, 2.45) is 10.7 Å². The first kappa shape index (κ1) is 19.2. The number of carbonyl (C=O) groups is 1. The maximum absolute atomic E-state index is 11.8. The van der Waals surface area contributed by atoms with E-state index in [1.165, 1.54) is 5.56 Å². The van der Waals surface area contributed by atoms with Gasteiger partial charge in [0.1, 0.15) is 29.7 Å². The standard InChI is InChI=1S/C23H23N7O/c24-20(31)18-11-6-10-17-19(27-14-30(17)18)23-28-21-16(9-4-5-12-25-21)22(29-23)26-13-15-7-2-1-3-8-15/h1-8,10-12,14,22-23,26,28-29H,9,13H2,(H2,24,31). The third kappa shape index (κ3) is 3.74. The highest BCUT2D eigenvalue weighted by Crippen LogP contribution is 2.27. The van der Waals surface area contributed by atoms with E-state index < -0.39 is 5.91 Å². The number of benzene rings is 1. The van der Waals surface area contributed by atoms with E-state index in [0.717, 1.165) is 29.0 Å². The molecule has 31 heavy (non-hydrogen) atoms. The highest BCUT2D eigenvalue weighted by Gasteiger charge is 2.30. The van der Waals surface area contributed by atoms with Crippen LogP contribution in [0, 0.1) is 0 Å². The molecule has 2 aromatic heterocycles. The van der Waals surface area contributed by atoms with Gasteiger partial charge in [0, 0.05) is 18.3 Å². The molecule has 0 fully saturated rings. The van der Waals surface area contributed by atoms with Gasteiger partial charge >= 0.3 is 0 Å². The molecule has 2 aliphatic rings.